The minimum atomic E-state index is -2.79. The van der Waals surface area contributed by atoms with Crippen LogP contribution in [0.1, 0.15) is 40.5 Å². The Hall–Kier alpha value is -0.0900. The zero-order valence-electron chi connectivity index (χ0n) is 11.3. The molecule has 0 spiro atoms. The van der Waals surface area contributed by atoms with Gasteiger partial charge in [-0.15, -0.1) is 0 Å². The summed E-state index contributed by atoms with van der Waals surface area (Å²) in [6.07, 6.45) is 3.08. The van der Waals surface area contributed by atoms with E-state index in [1.807, 2.05) is 0 Å². The maximum Gasteiger partial charge on any atom is 0.147 e. The number of nitrogens with one attached hydrogen (secondary N) is 1. The summed E-state index contributed by atoms with van der Waals surface area (Å²) in [5.74, 6) is 1.50. The molecule has 0 aliphatic carbocycles. The lowest BCUT2D eigenvalue weighted by molar-refractivity contribution is 0.336. The highest BCUT2D eigenvalue weighted by atomic mass is 32.2. The standard InChI is InChI=1S/C12H27NO2S/c1-10(2)13-9-12(4)11(3)7-6-8-16(5,14)15/h10-13H,6-9H2,1-5H3. The lowest BCUT2D eigenvalue weighted by Crippen LogP contribution is -2.30. The minimum Gasteiger partial charge on any atom is -0.314 e. The molecule has 0 aromatic rings. The van der Waals surface area contributed by atoms with E-state index < -0.39 is 9.84 Å². The third-order valence-corrected chi connectivity index (χ3v) is 4.02. The van der Waals surface area contributed by atoms with Gasteiger partial charge in [-0.3, -0.25) is 0 Å². The predicted molar refractivity (Wildman–Crippen MR) is 70.4 cm³/mol. The van der Waals surface area contributed by atoms with Crippen molar-refractivity contribution in [2.45, 2.75) is 46.6 Å². The van der Waals surface area contributed by atoms with Crippen LogP contribution in [-0.4, -0.2) is 33.0 Å². The van der Waals surface area contributed by atoms with Gasteiger partial charge in [0.2, 0.25) is 0 Å². The molecule has 0 heterocycles. The van der Waals surface area contributed by atoms with Gasteiger partial charge in [0.1, 0.15) is 9.84 Å². The van der Waals surface area contributed by atoms with Crippen molar-refractivity contribution in [3.63, 3.8) is 0 Å². The van der Waals surface area contributed by atoms with Gasteiger partial charge in [0.25, 0.3) is 0 Å². The highest BCUT2D eigenvalue weighted by Gasteiger charge is 2.13. The zero-order valence-corrected chi connectivity index (χ0v) is 12.1. The van der Waals surface area contributed by atoms with E-state index in [4.69, 9.17) is 0 Å². The summed E-state index contributed by atoms with van der Waals surface area (Å²) in [5.41, 5.74) is 0. The van der Waals surface area contributed by atoms with E-state index in [0.717, 1.165) is 19.4 Å². The number of hydrogen-bond acceptors (Lipinski definition) is 3. The highest BCUT2D eigenvalue weighted by Crippen LogP contribution is 2.16. The van der Waals surface area contributed by atoms with Crippen molar-refractivity contribution in [3.05, 3.63) is 0 Å². The molecular formula is C12H27NO2S. The van der Waals surface area contributed by atoms with Crippen LogP contribution in [0, 0.1) is 11.8 Å². The van der Waals surface area contributed by atoms with Crippen LogP contribution in [0.15, 0.2) is 0 Å². The van der Waals surface area contributed by atoms with Crippen molar-refractivity contribution in [2.24, 2.45) is 11.8 Å². The van der Waals surface area contributed by atoms with Crippen LogP contribution in [0.4, 0.5) is 0 Å². The normalized spacial score (nSPS) is 16.4. The molecule has 2 unspecified atom stereocenters. The van der Waals surface area contributed by atoms with Gasteiger partial charge < -0.3 is 5.32 Å². The molecule has 3 nitrogen and oxygen atoms in total. The molecule has 98 valence electrons. The van der Waals surface area contributed by atoms with Crippen molar-refractivity contribution >= 4 is 9.84 Å². The molecule has 0 fully saturated rings. The van der Waals surface area contributed by atoms with Crippen molar-refractivity contribution in [1.82, 2.24) is 5.32 Å². The third-order valence-electron chi connectivity index (χ3n) is 2.99. The lowest BCUT2D eigenvalue weighted by atomic mass is 9.91. The molecule has 0 bridgehead atoms. The van der Waals surface area contributed by atoms with E-state index in [9.17, 15) is 8.42 Å². The van der Waals surface area contributed by atoms with Crippen LogP contribution < -0.4 is 5.32 Å². The lowest BCUT2D eigenvalue weighted by Gasteiger charge is -2.21. The van der Waals surface area contributed by atoms with Crippen LogP contribution in [0.3, 0.4) is 0 Å². The minimum absolute atomic E-state index is 0.321. The highest BCUT2D eigenvalue weighted by molar-refractivity contribution is 7.90. The molecule has 0 aromatic heterocycles. The fraction of sp³-hybridized carbons (Fsp3) is 1.00. The Morgan fingerprint density at radius 2 is 1.62 bits per heavy atom. The molecule has 4 heteroatoms. The van der Waals surface area contributed by atoms with Gasteiger partial charge in [-0.1, -0.05) is 27.7 Å². The fourth-order valence-electron chi connectivity index (χ4n) is 1.57. The van der Waals surface area contributed by atoms with Crippen molar-refractivity contribution < 1.29 is 8.42 Å². The van der Waals surface area contributed by atoms with E-state index in [0.29, 0.717) is 23.6 Å². The van der Waals surface area contributed by atoms with Crippen LogP contribution in [0.5, 0.6) is 0 Å². The van der Waals surface area contributed by atoms with Gasteiger partial charge in [0.15, 0.2) is 0 Å². The first kappa shape index (κ1) is 15.9. The SMILES string of the molecule is CC(C)NCC(C)C(C)CCCS(C)(=O)=O. The van der Waals surface area contributed by atoms with Crippen molar-refractivity contribution in [1.29, 1.82) is 0 Å². The van der Waals surface area contributed by atoms with Gasteiger partial charge in [0, 0.05) is 18.1 Å². The average Bonchev–Trinajstić information content (AvgIpc) is 2.11. The van der Waals surface area contributed by atoms with Crippen LogP contribution >= 0.6 is 0 Å². The second-order valence-electron chi connectivity index (χ2n) is 5.29. The summed E-state index contributed by atoms with van der Waals surface area (Å²) in [6.45, 7) is 9.72. The average molecular weight is 249 g/mol. The van der Waals surface area contributed by atoms with Gasteiger partial charge in [0.05, 0.1) is 0 Å². The van der Waals surface area contributed by atoms with Gasteiger partial charge in [-0.2, -0.15) is 0 Å². The van der Waals surface area contributed by atoms with Crippen LogP contribution in [0.25, 0.3) is 0 Å². The van der Waals surface area contributed by atoms with E-state index in [2.05, 4.69) is 33.0 Å². The smallest absolute Gasteiger partial charge is 0.147 e. The van der Waals surface area contributed by atoms with Crippen molar-refractivity contribution in [3.8, 4) is 0 Å². The Bertz CT molecular complexity index is 273. The summed E-state index contributed by atoms with van der Waals surface area (Å²) < 4.78 is 22.0. The number of sulfone groups is 1. The Morgan fingerprint density at radius 3 is 2.06 bits per heavy atom. The quantitative estimate of drug-likeness (QED) is 0.716. The zero-order chi connectivity index (χ0) is 12.8. The summed E-state index contributed by atoms with van der Waals surface area (Å²) >= 11 is 0. The second kappa shape index (κ2) is 7.28. The van der Waals surface area contributed by atoms with E-state index >= 15 is 0 Å². The molecule has 0 aromatic carbocycles. The molecule has 0 saturated carbocycles. The summed E-state index contributed by atoms with van der Waals surface area (Å²) in [5, 5.41) is 3.41. The topological polar surface area (TPSA) is 46.2 Å². The van der Waals surface area contributed by atoms with E-state index in [-0.39, 0.29) is 0 Å². The third kappa shape index (κ3) is 9.16. The molecule has 0 aliphatic rings. The summed E-state index contributed by atoms with van der Waals surface area (Å²) in [6, 6.07) is 0.519. The first-order valence-electron chi connectivity index (χ1n) is 6.13. The van der Waals surface area contributed by atoms with Gasteiger partial charge in [-0.25, -0.2) is 8.42 Å². The summed E-state index contributed by atoms with van der Waals surface area (Å²) in [4.78, 5) is 0. The Morgan fingerprint density at radius 1 is 1.06 bits per heavy atom. The molecule has 16 heavy (non-hydrogen) atoms. The molecule has 0 radical (unpaired) electrons. The molecular weight excluding hydrogens is 222 g/mol. The Kier molecular flexibility index (Phi) is 7.24. The largest absolute Gasteiger partial charge is 0.314 e. The van der Waals surface area contributed by atoms with Crippen LogP contribution in [0.2, 0.25) is 0 Å². The molecule has 0 amide bonds. The monoisotopic (exact) mass is 249 g/mol. The molecule has 0 aliphatic heterocycles. The van der Waals surface area contributed by atoms with Crippen molar-refractivity contribution in [2.75, 3.05) is 18.6 Å². The Labute approximate surface area is 101 Å². The molecule has 1 N–H and O–H groups in total. The first-order valence-corrected chi connectivity index (χ1v) is 8.19. The van der Waals surface area contributed by atoms with E-state index in [1.165, 1.54) is 6.26 Å². The fourth-order valence-corrected chi connectivity index (χ4v) is 2.27. The number of rotatable bonds is 8. The molecule has 2 atom stereocenters. The van der Waals surface area contributed by atoms with Gasteiger partial charge in [-0.05, 0) is 31.2 Å². The maximum absolute atomic E-state index is 11.0. The van der Waals surface area contributed by atoms with Gasteiger partial charge >= 0.3 is 0 Å². The second-order valence-corrected chi connectivity index (χ2v) is 7.55. The maximum atomic E-state index is 11.0. The molecule has 0 rings (SSSR count). The van der Waals surface area contributed by atoms with Crippen LogP contribution in [-0.2, 0) is 9.84 Å². The van der Waals surface area contributed by atoms with E-state index in [1.54, 1.807) is 0 Å². The molecule has 0 saturated heterocycles. The predicted octanol–water partition coefficient (Wildman–Crippen LogP) is 2.08. The Balaban J connectivity index is 3.75. The first-order chi connectivity index (χ1) is 7.22. The number of hydrogen-bond donors (Lipinski definition) is 1. The summed E-state index contributed by atoms with van der Waals surface area (Å²) in [7, 11) is -2.79.